The molecule has 90 valence electrons. The van der Waals surface area contributed by atoms with E-state index in [4.69, 9.17) is 5.73 Å². The molecule has 0 saturated carbocycles. The fraction of sp³-hybridized carbons (Fsp3) is 0.308. The van der Waals surface area contributed by atoms with Gasteiger partial charge in [-0.05, 0) is 30.7 Å². The number of nitrogen functional groups attached to an aromatic ring is 1. The molecule has 2 aromatic rings. The highest BCUT2D eigenvalue weighted by atomic mass is 15.3. The molecule has 1 heterocycles. The molecule has 0 unspecified atom stereocenters. The minimum atomic E-state index is 0.825. The Bertz CT molecular complexity index is 436. The van der Waals surface area contributed by atoms with Crippen molar-refractivity contribution < 1.29 is 0 Å². The zero-order valence-electron chi connectivity index (χ0n) is 9.84. The summed E-state index contributed by atoms with van der Waals surface area (Å²) in [6, 6.07) is 9.89. The standard InChI is InChI=1S/C13H18N4/c14-13-6-2-1-5-12(13)11-15-7-3-9-17-10-4-8-16-17/h1-2,4-6,8,10,15H,3,7,9,11,14H2. The lowest BCUT2D eigenvalue weighted by Crippen LogP contribution is -2.17. The van der Waals surface area contributed by atoms with E-state index in [-0.39, 0.29) is 0 Å². The second kappa shape index (κ2) is 6.06. The SMILES string of the molecule is Nc1ccccc1CNCCCn1cccn1. The zero-order chi connectivity index (χ0) is 11.9. The third kappa shape index (κ3) is 3.60. The molecule has 4 nitrogen and oxygen atoms in total. The summed E-state index contributed by atoms with van der Waals surface area (Å²) in [5.74, 6) is 0. The number of hydrogen-bond acceptors (Lipinski definition) is 3. The molecule has 3 N–H and O–H groups in total. The number of nitrogens with one attached hydrogen (secondary N) is 1. The molecule has 0 aliphatic rings. The predicted molar refractivity (Wildman–Crippen MR) is 69.4 cm³/mol. The Balaban J connectivity index is 1.65. The van der Waals surface area contributed by atoms with E-state index in [0.717, 1.165) is 37.3 Å². The quantitative estimate of drug-likeness (QED) is 0.586. The van der Waals surface area contributed by atoms with Gasteiger partial charge in [0.1, 0.15) is 0 Å². The first-order chi connectivity index (χ1) is 8.36. The molecule has 0 spiro atoms. The van der Waals surface area contributed by atoms with Crippen LogP contribution in [0.25, 0.3) is 0 Å². The molecule has 4 heteroatoms. The lowest BCUT2D eigenvalue weighted by atomic mass is 10.2. The van der Waals surface area contributed by atoms with Gasteiger partial charge in [0.05, 0.1) is 0 Å². The van der Waals surface area contributed by atoms with Crippen LogP contribution < -0.4 is 11.1 Å². The van der Waals surface area contributed by atoms with Crippen molar-refractivity contribution in [2.45, 2.75) is 19.5 Å². The summed E-state index contributed by atoms with van der Waals surface area (Å²) in [5, 5.41) is 7.54. The van der Waals surface area contributed by atoms with E-state index >= 15 is 0 Å². The first-order valence-electron chi connectivity index (χ1n) is 5.88. The van der Waals surface area contributed by atoms with E-state index in [1.165, 1.54) is 0 Å². The van der Waals surface area contributed by atoms with Crippen molar-refractivity contribution in [2.75, 3.05) is 12.3 Å². The summed E-state index contributed by atoms with van der Waals surface area (Å²) in [5.41, 5.74) is 7.87. The molecule has 0 fully saturated rings. The predicted octanol–water partition coefficient (Wildman–Crippen LogP) is 1.65. The minimum absolute atomic E-state index is 0.825. The number of aromatic nitrogens is 2. The van der Waals surface area contributed by atoms with Gasteiger partial charge in [0.2, 0.25) is 0 Å². The van der Waals surface area contributed by atoms with Gasteiger partial charge in [-0.15, -0.1) is 0 Å². The third-order valence-corrected chi connectivity index (χ3v) is 2.67. The fourth-order valence-electron chi connectivity index (χ4n) is 1.72. The molecule has 0 radical (unpaired) electrons. The molecule has 1 aromatic heterocycles. The Morgan fingerprint density at radius 3 is 2.88 bits per heavy atom. The van der Waals surface area contributed by atoms with E-state index in [0.29, 0.717) is 0 Å². The first kappa shape index (κ1) is 11.7. The smallest absolute Gasteiger partial charge is 0.0489 e. The molecule has 0 saturated heterocycles. The van der Waals surface area contributed by atoms with E-state index < -0.39 is 0 Å². The number of para-hydroxylation sites is 1. The molecule has 0 bridgehead atoms. The average molecular weight is 230 g/mol. The van der Waals surface area contributed by atoms with Gasteiger partial charge in [-0.1, -0.05) is 18.2 Å². The van der Waals surface area contributed by atoms with Crippen LogP contribution in [0, 0.1) is 0 Å². The first-order valence-corrected chi connectivity index (χ1v) is 5.88. The van der Waals surface area contributed by atoms with Gasteiger partial charge in [0, 0.05) is 31.2 Å². The van der Waals surface area contributed by atoms with Crippen LogP contribution >= 0.6 is 0 Å². The zero-order valence-corrected chi connectivity index (χ0v) is 9.84. The molecule has 2 rings (SSSR count). The maximum Gasteiger partial charge on any atom is 0.0489 e. The van der Waals surface area contributed by atoms with Crippen LogP contribution in [0.5, 0.6) is 0 Å². The second-order valence-electron chi connectivity index (χ2n) is 4.00. The van der Waals surface area contributed by atoms with E-state index in [2.05, 4.69) is 16.5 Å². The number of benzene rings is 1. The molecule has 0 amide bonds. The van der Waals surface area contributed by atoms with Crippen molar-refractivity contribution in [1.29, 1.82) is 0 Å². The molecule has 0 aliphatic heterocycles. The molecule has 1 aromatic carbocycles. The van der Waals surface area contributed by atoms with E-state index in [1.807, 2.05) is 35.1 Å². The maximum absolute atomic E-state index is 5.86. The van der Waals surface area contributed by atoms with Crippen LogP contribution in [0.2, 0.25) is 0 Å². The van der Waals surface area contributed by atoms with Gasteiger partial charge >= 0.3 is 0 Å². The molecule has 17 heavy (non-hydrogen) atoms. The van der Waals surface area contributed by atoms with Crippen molar-refractivity contribution in [2.24, 2.45) is 0 Å². The topological polar surface area (TPSA) is 55.9 Å². The normalized spacial score (nSPS) is 10.6. The Morgan fingerprint density at radius 2 is 2.12 bits per heavy atom. The Labute approximate surface area is 101 Å². The number of hydrogen-bond donors (Lipinski definition) is 2. The summed E-state index contributed by atoms with van der Waals surface area (Å²) in [4.78, 5) is 0. The van der Waals surface area contributed by atoms with Crippen LogP contribution in [-0.2, 0) is 13.1 Å². The summed E-state index contributed by atoms with van der Waals surface area (Å²) < 4.78 is 1.94. The van der Waals surface area contributed by atoms with Crippen molar-refractivity contribution in [3.05, 3.63) is 48.3 Å². The Morgan fingerprint density at radius 1 is 1.24 bits per heavy atom. The van der Waals surface area contributed by atoms with Crippen molar-refractivity contribution in [3.63, 3.8) is 0 Å². The van der Waals surface area contributed by atoms with Crippen LogP contribution in [0.3, 0.4) is 0 Å². The highest BCUT2D eigenvalue weighted by Gasteiger charge is 1.96. The van der Waals surface area contributed by atoms with Gasteiger partial charge < -0.3 is 11.1 Å². The van der Waals surface area contributed by atoms with E-state index in [1.54, 1.807) is 6.20 Å². The number of nitrogens with zero attached hydrogens (tertiary/aromatic N) is 2. The Kier molecular flexibility index (Phi) is 4.16. The minimum Gasteiger partial charge on any atom is -0.398 e. The largest absolute Gasteiger partial charge is 0.398 e. The molecular formula is C13H18N4. The van der Waals surface area contributed by atoms with Gasteiger partial charge in [0.25, 0.3) is 0 Å². The second-order valence-corrected chi connectivity index (χ2v) is 4.00. The average Bonchev–Trinajstić information content (AvgIpc) is 2.84. The summed E-state index contributed by atoms with van der Waals surface area (Å²) in [6.07, 6.45) is 4.85. The van der Waals surface area contributed by atoms with Crippen LogP contribution in [0.4, 0.5) is 5.69 Å². The van der Waals surface area contributed by atoms with Gasteiger partial charge in [-0.25, -0.2) is 0 Å². The van der Waals surface area contributed by atoms with E-state index in [9.17, 15) is 0 Å². The van der Waals surface area contributed by atoms with Crippen molar-refractivity contribution >= 4 is 5.69 Å². The van der Waals surface area contributed by atoms with Crippen molar-refractivity contribution in [1.82, 2.24) is 15.1 Å². The van der Waals surface area contributed by atoms with Crippen molar-refractivity contribution in [3.8, 4) is 0 Å². The third-order valence-electron chi connectivity index (χ3n) is 2.67. The highest BCUT2D eigenvalue weighted by Crippen LogP contribution is 2.09. The van der Waals surface area contributed by atoms with Gasteiger partial charge in [-0.3, -0.25) is 4.68 Å². The fourth-order valence-corrected chi connectivity index (χ4v) is 1.72. The number of aryl methyl sites for hydroxylation is 1. The van der Waals surface area contributed by atoms with Crippen LogP contribution in [0.15, 0.2) is 42.7 Å². The summed E-state index contributed by atoms with van der Waals surface area (Å²) in [6.45, 7) is 2.74. The number of rotatable bonds is 6. The van der Waals surface area contributed by atoms with Gasteiger partial charge in [0.15, 0.2) is 0 Å². The number of nitrogens with two attached hydrogens (primary N) is 1. The Hall–Kier alpha value is -1.81. The molecule has 0 aliphatic carbocycles. The highest BCUT2D eigenvalue weighted by molar-refractivity contribution is 5.46. The monoisotopic (exact) mass is 230 g/mol. The number of anilines is 1. The summed E-state index contributed by atoms with van der Waals surface area (Å²) >= 11 is 0. The van der Waals surface area contributed by atoms with Crippen LogP contribution in [0.1, 0.15) is 12.0 Å². The summed E-state index contributed by atoms with van der Waals surface area (Å²) in [7, 11) is 0. The molecule has 0 atom stereocenters. The van der Waals surface area contributed by atoms with Crippen LogP contribution in [-0.4, -0.2) is 16.3 Å². The molecular weight excluding hydrogens is 212 g/mol. The van der Waals surface area contributed by atoms with Gasteiger partial charge in [-0.2, -0.15) is 5.10 Å². The maximum atomic E-state index is 5.86. The lowest BCUT2D eigenvalue weighted by Gasteiger charge is -2.07. The lowest BCUT2D eigenvalue weighted by molar-refractivity contribution is 0.543.